The van der Waals surface area contributed by atoms with Crippen LogP contribution in [0, 0.1) is 0 Å². The highest BCUT2D eigenvalue weighted by molar-refractivity contribution is 6.38. The Morgan fingerprint density at radius 3 is 2.86 bits per heavy atom. The van der Waals surface area contributed by atoms with E-state index in [1.54, 1.807) is 12.1 Å². The van der Waals surface area contributed by atoms with E-state index in [1.807, 2.05) is 0 Å². The number of hydrogen-bond acceptors (Lipinski definition) is 3. The summed E-state index contributed by atoms with van der Waals surface area (Å²) in [6.45, 7) is 0.0196. The fourth-order valence-electron chi connectivity index (χ4n) is 1.30. The number of aromatic nitrogens is 1. The van der Waals surface area contributed by atoms with Crippen molar-refractivity contribution in [2.75, 3.05) is 6.61 Å². The van der Waals surface area contributed by atoms with Crippen molar-refractivity contribution < 1.29 is 9.63 Å². The van der Waals surface area contributed by atoms with Crippen LogP contribution in [0.1, 0.15) is 5.69 Å². The summed E-state index contributed by atoms with van der Waals surface area (Å²) in [6.07, 6.45) is 0.434. The maximum absolute atomic E-state index is 8.79. The van der Waals surface area contributed by atoms with Crippen LogP contribution in [0.25, 0.3) is 11.0 Å². The topological polar surface area (TPSA) is 46.3 Å². The first kappa shape index (κ1) is 9.77. The van der Waals surface area contributed by atoms with E-state index >= 15 is 0 Å². The molecule has 0 aliphatic rings. The zero-order chi connectivity index (χ0) is 10.1. The second-order valence-electron chi connectivity index (χ2n) is 2.87. The first-order chi connectivity index (χ1) is 6.72. The number of hydrogen-bond donors (Lipinski definition) is 1. The summed E-state index contributed by atoms with van der Waals surface area (Å²) >= 11 is 11.7. The van der Waals surface area contributed by atoms with E-state index in [-0.39, 0.29) is 6.61 Å². The minimum absolute atomic E-state index is 0.0196. The lowest BCUT2D eigenvalue weighted by Crippen LogP contribution is -1.90. The lowest BCUT2D eigenvalue weighted by Gasteiger charge is -1.94. The van der Waals surface area contributed by atoms with E-state index in [9.17, 15) is 0 Å². The predicted molar refractivity (Wildman–Crippen MR) is 54.8 cm³/mol. The number of benzene rings is 1. The van der Waals surface area contributed by atoms with Crippen LogP contribution in [-0.2, 0) is 6.42 Å². The van der Waals surface area contributed by atoms with E-state index in [0.29, 0.717) is 27.7 Å². The molecule has 0 bridgehead atoms. The zero-order valence-electron chi connectivity index (χ0n) is 7.13. The molecular formula is C9H7Cl2NO2. The smallest absolute Gasteiger partial charge is 0.185 e. The maximum Gasteiger partial charge on any atom is 0.185 e. The summed E-state index contributed by atoms with van der Waals surface area (Å²) in [7, 11) is 0. The van der Waals surface area contributed by atoms with Crippen molar-refractivity contribution in [2.45, 2.75) is 6.42 Å². The van der Waals surface area contributed by atoms with Crippen molar-refractivity contribution >= 4 is 34.2 Å². The lowest BCUT2D eigenvalue weighted by molar-refractivity contribution is 0.295. The summed E-state index contributed by atoms with van der Waals surface area (Å²) in [6, 6.07) is 3.32. The molecule has 3 nitrogen and oxygen atoms in total. The number of halogens is 2. The highest BCUT2D eigenvalue weighted by Crippen LogP contribution is 2.29. The van der Waals surface area contributed by atoms with Crippen molar-refractivity contribution in [1.29, 1.82) is 0 Å². The van der Waals surface area contributed by atoms with E-state index < -0.39 is 0 Å². The molecule has 0 radical (unpaired) electrons. The zero-order valence-corrected chi connectivity index (χ0v) is 8.64. The van der Waals surface area contributed by atoms with Gasteiger partial charge >= 0.3 is 0 Å². The second-order valence-corrected chi connectivity index (χ2v) is 3.71. The van der Waals surface area contributed by atoms with Crippen LogP contribution in [0.2, 0.25) is 10.0 Å². The molecule has 0 atom stereocenters. The normalized spacial score (nSPS) is 11.1. The monoisotopic (exact) mass is 231 g/mol. The Morgan fingerprint density at radius 1 is 1.36 bits per heavy atom. The Labute approximate surface area is 90.2 Å². The minimum atomic E-state index is 0.0196. The van der Waals surface area contributed by atoms with Crippen LogP contribution in [0.4, 0.5) is 0 Å². The Bertz CT molecular complexity index is 467. The highest BCUT2D eigenvalue weighted by atomic mass is 35.5. The Kier molecular flexibility index (Phi) is 2.63. The molecule has 1 aromatic carbocycles. The van der Waals surface area contributed by atoms with Gasteiger partial charge in [0.05, 0.1) is 10.7 Å². The first-order valence-electron chi connectivity index (χ1n) is 4.06. The second kappa shape index (κ2) is 3.77. The van der Waals surface area contributed by atoms with Gasteiger partial charge in [-0.15, -0.1) is 0 Å². The standard InChI is InChI=1S/C9H7Cl2NO2/c10-5-3-6-8(1-2-13)12-14-9(6)7(11)4-5/h3-4,13H,1-2H2. The quantitative estimate of drug-likeness (QED) is 0.865. The molecule has 0 aliphatic heterocycles. The SMILES string of the molecule is OCCc1noc2c(Cl)cc(Cl)cc12. The first-order valence-corrected chi connectivity index (χ1v) is 4.82. The maximum atomic E-state index is 8.79. The van der Waals surface area contributed by atoms with Gasteiger partial charge in [0.25, 0.3) is 0 Å². The predicted octanol–water partition coefficient (Wildman–Crippen LogP) is 2.67. The van der Waals surface area contributed by atoms with Gasteiger partial charge in [0.15, 0.2) is 5.58 Å². The Balaban J connectivity index is 2.66. The summed E-state index contributed by atoms with van der Waals surface area (Å²) in [5, 5.41) is 14.3. The van der Waals surface area contributed by atoms with E-state index in [2.05, 4.69) is 5.16 Å². The number of nitrogens with zero attached hydrogens (tertiary/aromatic N) is 1. The summed E-state index contributed by atoms with van der Waals surface area (Å²) in [5.41, 5.74) is 1.19. The molecule has 1 heterocycles. The van der Waals surface area contributed by atoms with Crippen LogP contribution in [0.5, 0.6) is 0 Å². The largest absolute Gasteiger partial charge is 0.396 e. The van der Waals surface area contributed by atoms with Crippen LogP contribution in [-0.4, -0.2) is 16.9 Å². The van der Waals surface area contributed by atoms with Gasteiger partial charge < -0.3 is 9.63 Å². The number of rotatable bonds is 2. The molecule has 0 fully saturated rings. The van der Waals surface area contributed by atoms with Gasteiger partial charge in [-0.2, -0.15) is 0 Å². The Hall–Kier alpha value is -0.770. The molecular weight excluding hydrogens is 225 g/mol. The minimum Gasteiger partial charge on any atom is -0.396 e. The van der Waals surface area contributed by atoms with E-state index in [4.69, 9.17) is 32.8 Å². The molecule has 2 rings (SSSR count). The van der Waals surface area contributed by atoms with Gasteiger partial charge in [0, 0.05) is 23.4 Å². The molecule has 2 aromatic rings. The summed E-state index contributed by atoms with van der Waals surface area (Å²) in [5.74, 6) is 0. The van der Waals surface area contributed by atoms with Gasteiger partial charge in [-0.3, -0.25) is 0 Å². The average Bonchev–Trinajstić information content (AvgIpc) is 2.49. The van der Waals surface area contributed by atoms with Gasteiger partial charge in [0.1, 0.15) is 0 Å². The molecule has 0 amide bonds. The van der Waals surface area contributed by atoms with Gasteiger partial charge in [-0.1, -0.05) is 28.4 Å². The van der Waals surface area contributed by atoms with Crippen molar-refractivity contribution in [3.8, 4) is 0 Å². The van der Waals surface area contributed by atoms with Gasteiger partial charge in [-0.05, 0) is 12.1 Å². The van der Waals surface area contributed by atoms with Crippen molar-refractivity contribution in [2.24, 2.45) is 0 Å². The molecule has 0 saturated heterocycles. The van der Waals surface area contributed by atoms with Crippen molar-refractivity contribution in [3.63, 3.8) is 0 Å². The van der Waals surface area contributed by atoms with Crippen molar-refractivity contribution in [3.05, 3.63) is 27.9 Å². The molecule has 14 heavy (non-hydrogen) atoms. The third-order valence-corrected chi connectivity index (χ3v) is 2.41. The molecule has 1 N–H and O–H groups in total. The van der Waals surface area contributed by atoms with Gasteiger partial charge in [-0.25, -0.2) is 0 Å². The van der Waals surface area contributed by atoms with E-state index in [1.165, 1.54) is 0 Å². The molecule has 5 heteroatoms. The number of aliphatic hydroxyl groups is 1. The van der Waals surface area contributed by atoms with E-state index in [0.717, 1.165) is 5.39 Å². The van der Waals surface area contributed by atoms with Crippen LogP contribution in [0.15, 0.2) is 16.7 Å². The average molecular weight is 232 g/mol. The summed E-state index contributed by atoms with van der Waals surface area (Å²) in [4.78, 5) is 0. The third-order valence-electron chi connectivity index (χ3n) is 1.92. The lowest BCUT2D eigenvalue weighted by atomic mass is 10.2. The Morgan fingerprint density at radius 2 is 2.14 bits per heavy atom. The molecule has 74 valence electrons. The van der Waals surface area contributed by atoms with Crippen LogP contribution >= 0.6 is 23.2 Å². The fourth-order valence-corrected chi connectivity index (χ4v) is 1.83. The number of fused-ring (bicyclic) bond motifs is 1. The molecule has 0 spiro atoms. The highest BCUT2D eigenvalue weighted by Gasteiger charge is 2.11. The molecule has 0 saturated carbocycles. The fraction of sp³-hybridized carbons (Fsp3) is 0.222. The number of aliphatic hydroxyl groups excluding tert-OH is 1. The van der Waals surface area contributed by atoms with Crippen LogP contribution < -0.4 is 0 Å². The van der Waals surface area contributed by atoms with Crippen molar-refractivity contribution in [1.82, 2.24) is 5.16 Å². The van der Waals surface area contributed by atoms with Gasteiger partial charge in [0.2, 0.25) is 0 Å². The third kappa shape index (κ3) is 1.59. The summed E-state index contributed by atoms with van der Waals surface area (Å²) < 4.78 is 5.04. The molecule has 0 aliphatic carbocycles. The molecule has 1 aromatic heterocycles. The van der Waals surface area contributed by atoms with Crippen LogP contribution in [0.3, 0.4) is 0 Å². The molecule has 0 unspecified atom stereocenters.